The normalized spacial score (nSPS) is 9.11. The molecule has 2 aromatic rings. The third kappa shape index (κ3) is 7.68. The zero-order chi connectivity index (χ0) is 13.8. The summed E-state index contributed by atoms with van der Waals surface area (Å²) in [5.74, 6) is 0.145. The SMILES string of the molecule is CCCNC(=O)CC.CCO.c1cc2ccc1[nH]2. The van der Waals surface area contributed by atoms with Crippen molar-refractivity contribution in [1.82, 2.24) is 10.3 Å². The molecule has 0 saturated carbocycles. The summed E-state index contributed by atoms with van der Waals surface area (Å²) in [6.07, 6.45) is 1.62. The van der Waals surface area contributed by atoms with Gasteiger partial charge in [-0.05, 0) is 37.6 Å². The number of amides is 1. The highest BCUT2D eigenvalue weighted by Crippen LogP contribution is 2.07. The Kier molecular flexibility index (Phi) is 9.68. The number of benzene rings is 1. The third-order valence-electron chi connectivity index (χ3n) is 2.07. The van der Waals surface area contributed by atoms with Crippen molar-refractivity contribution in [3.63, 3.8) is 0 Å². The topological polar surface area (TPSA) is 65.1 Å². The van der Waals surface area contributed by atoms with E-state index in [9.17, 15) is 4.79 Å². The molecule has 0 aliphatic heterocycles. The number of nitrogens with one attached hydrogen (secondary N) is 2. The van der Waals surface area contributed by atoms with E-state index in [0.717, 1.165) is 13.0 Å². The lowest BCUT2D eigenvalue weighted by molar-refractivity contribution is -0.120. The fourth-order valence-electron chi connectivity index (χ4n) is 1.19. The van der Waals surface area contributed by atoms with Gasteiger partial charge in [0.1, 0.15) is 0 Å². The zero-order valence-electron chi connectivity index (χ0n) is 11.5. The molecule has 102 valence electrons. The molecule has 0 spiro atoms. The van der Waals surface area contributed by atoms with E-state index in [2.05, 4.69) is 34.6 Å². The van der Waals surface area contributed by atoms with Crippen LogP contribution >= 0.6 is 0 Å². The highest BCUT2D eigenvalue weighted by atomic mass is 16.2. The molecule has 0 aliphatic rings. The van der Waals surface area contributed by atoms with Gasteiger partial charge < -0.3 is 15.4 Å². The second kappa shape index (κ2) is 10.6. The first-order valence-electron chi connectivity index (χ1n) is 6.42. The molecule has 0 saturated heterocycles. The number of aromatic amines is 1. The first-order chi connectivity index (χ1) is 8.67. The molecule has 2 aromatic heterocycles. The fourth-order valence-corrected chi connectivity index (χ4v) is 1.19. The number of hydrogen-bond acceptors (Lipinski definition) is 2. The number of hydrogen-bond donors (Lipinski definition) is 3. The average Bonchev–Trinajstić information content (AvgIpc) is 3.02. The molecule has 1 amide bonds. The van der Waals surface area contributed by atoms with Crippen molar-refractivity contribution in [3.05, 3.63) is 24.3 Å². The van der Waals surface area contributed by atoms with Crippen LogP contribution < -0.4 is 5.32 Å². The number of rotatable bonds is 3. The average molecular weight is 252 g/mol. The zero-order valence-corrected chi connectivity index (χ0v) is 11.5. The van der Waals surface area contributed by atoms with E-state index in [4.69, 9.17) is 5.11 Å². The number of carbonyl (C=O) groups is 1. The minimum atomic E-state index is 0.145. The first-order valence-corrected chi connectivity index (χ1v) is 6.42. The van der Waals surface area contributed by atoms with Crippen LogP contribution in [0.3, 0.4) is 0 Å². The number of aliphatic hydroxyl groups excluding tert-OH is 1. The second-order valence-corrected chi connectivity index (χ2v) is 3.72. The van der Waals surface area contributed by atoms with Crippen molar-refractivity contribution >= 4 is 16.9 Å². The van der Waals surface area contributed by atoms with Crippen LogP contribution in [0, 0.1) is 0 Å². The summed E-state index contributed by atoms with van der Waals surface area (Å²) >= 11 is 0. The van der Waals surface area contributed by atoms with Crippen LogP contribution in [0.5, 0.6) is 0 Å². The Morgan fingerprint density at radius 3 is 1.83 bits per heavy atom. The van der Waals surface area contributed by atoms with Crippen molar-refractivity contribution in [3.8, 4) is 0 Å². The lowest BCUT2D eigenvalue weighted by atomic mass is 10.4. The van der Waals surface area contributed by atoms with Gasteiger partial charge >= 0.3 is 0 Å². The van der Waals surface area contributed by atoms with Gasteiger partial charge in [0.15, 0.2) is 0 Å². The number of fused-ring (bicyclic) bond motifs is 2. The summed E-state index contributed by atoms with van der Waals surface area (Å²) < 4.78 is 0. The standard InChI is InChI=1S/C6H13NO.C6H5N.C2H6O/c1-3-5-7-6(8)4-2;1-2-6-4-3-5(1)7-6;1-2-3/h3-5H2,1-2H3,(H,7,8);1-4,7H;3H,2H2,1H3. The molecule has 18 heavy (non-hydrogen) atoms. The van der Waals surface area contributed by atoms with Crippen molar-refractivity contribution in [1.29, 1.82) is 0 Å². The maximum Gasteiger partial charge on any atom is 0.219 e. The maximum absolute atomic E-state index is 10.5. The monoisotopic (exact) mass is 252 g/mol. The molecule has 4 heteroatoms. The number of H-pyrrole nitrogens is 1. The molecular weight excluding hydrogens is 228 g/mol. The molecule has 2 bridgehead atoms. The van der Waals surface area contributed by atoms with Gasteiger partial charge in [-0.1, -0.05) is 13.8 Å². The van der Waals surface area contributed by atoms with E-state index < -0.39 is 0 Å². The number of aromatic nitrogens is 1. The second-order valence-electron chi connectivity index (χ2n) is 3.72. The lowest BCUT2D eigenvalue weighted by Crippen LogP contribution is -2.22. The summed E-state index contributed by atoms with van der Waals surface area (Å²) in [6.45, 7) is 6.63. The lowest BCUT2D eigenvalue weighted by Gasteiger charge is -1.97. The van der Waals surface area contributed by atoms with Gasteiger partial charge in [0.05, 0.1) is 0 Å². The Morgan fingerprint density at radius 1 is 1.17 bits per heavy atom. The number of carbonyl (C=O) groups excluding carboxylic acids is 1. The fraction of sp³-hybridized carbons (Fsp3) is 0.500. The largest absolute Gasteiger partial charge is 0.397 e. The molecule has 0 radical (unpaired) electrons. The molecule has 4 nitrogen and oxygen atoms in total. The minimum Gasteiger partial charge on any atom is -0.397 e. The molecule has 0 aliphatic carbocycles. The van der Waals surface area contributed by atoms with Crippen LogP contribution in [0.4, 0.5) is 0 Å². The van der Waals surface area contributed by atoms with Crippen molar-refractivity contribution in [2.75, 3.05) is 13.2 Å². The van der Waals surface area contributed by atoms with E-state index >= 15 is 0 Å². The summed E-state index contributed by atoms with van der Waals surface area (Å²) in [4.78, 5) is 13.6. The summed E-state index contributed by atoms with van der Waals surface area (Å²) in [7, 11) is 0. The first kappa shape index (κ1) is 16.4. The van der Waals surface area contributed by atoms with Gasteiger partial charge in [-0.3, -0.25) is 4.79 Å². The minimum absolute atomic E-state index is 0.145. The van der Waals surface area contributed by atoms with Gasteiger partial charge in [-0.2, -0.15) is 0 Å². The highest BCUT2D eigenvalue weighted by molar-refractivity contribution is 5.75. The van der Waals surface area contributed by atoms with Crippen LogP contribution in [-0.4, -0.2) is 29.1 Å². The smallest absolute Gasteiger partial charge is 0.219 e. The summed E-state index contributed by atoms with van der Waals surface area (Å²) in [6, 6.07) is 8.26. The molecule has 0 aromatic carbocycles. The predicted molar refractivity (Wildman–Crippen MR) is 75.8 cm³/mol. The Balaban J connectivity index is 0.000000265. The van der Waals surface area contributed by atoms with Gasteiger partial charge in [-0.25, -0.2) is 0 Å². The van der Waals surface area contributed by atoms with Gasteiger partial charge in [0, 0.05) is 30.6 Å². The van der Waals surface area contributed by atoms with Crippen LogP contribution in [0.25, 0.3) is 11.0 Å². The Bertz CT molecular complexity index is 353. The third-order valence-corrected chi connectivity index (χ3v) is 2.07. The molecular formula is C14H24N2O2. The van der Waals surface area contributed by atoms with Crippen LogP contribution in [-0.2, 0) is 4.79 Å². The summed E-state index contributed by atoms with van der Waals surface area (Å²) in [5, 5.41) is 10.3. The van der Waals surface area contributed by atoms with E-state index in [-0.39, 0.29) is 12.5 Å². The van der Waals surface area contributed by atoms with Crippen LogP contribution in [0.2, 0.25) is 0 Å². The molecule has 2 heterocycles. The van der Waals surface area contributed by atoms with Crippen molar-refractivity contribution < 1.29 is 9.90 Å². The van der Waals surface area contributed by atoms with E-state index in [1.807, 2.05) is 13.8 Å². The molecule has 0 fully saturated rings. The van der Waals surface area contributed by atoms with Gasteiger partial charge in [-0.15, -0.1) is 0 Å². The van der Waals surface area contributed by atoms with Crippen molar-refractivity contribution in [2.45, 2.75) is 33.6 Å². The molecule has 0 unspecified atom stereocenters. The maximum atomic E-state index is 10.5. The van der Waals surface area contributed by atoms with Crippen LogP contribution in [0.15, 0.2) is 24.3 Å². The Morgan fingerprint density at radius 2 is 1.61 bits per heavy atom. The summed E-state index contributed by atoms with van der Waals surface area (Å²) in [5.41, 5.74) is 2.44. The van der Waals surface area contributed by atoms with Gasteiger partial charge in [0.2, 0.25) is 5.91 Å². The van der Waals surface area contributed by atoms with Crippen molar-refractivity contribution in [2.24, 2.45) is 0 Å². The Labute approximate surface area is 109 Å². The Hall–Kier alpha value is -1.55. The van der Waals surface area contributed by atoms with E-state index in [0.29, 0.717) is 6.42 Å². The quantitative estimate of drug-likeness (QED) is 0.786. The molecule has 2 rings (SSSR count). The molecule has 3 N–H and O–H groups in total. The highest BCUT2D eigenvalue weighted by Gasteiger charge is 1.90. The predicted octanol–water partition coefficient (Wildman–Crippen LogP) is 2.53. The molecule has 0 atom stereocenters. The van der Waals surface area contributed by atoms with Crippen LogP contribution in [0.1, 0.15) is 33.6 Å². The number of aliphatic hydroxyl groups is 1. The van der Waals surface area contributed by atoms with E-state index in [1.165, 1.54) is 11.0 Å². The van der Waals surface area contributed by atoms with Gasteiger partial charge in [0.25, 0.3) is 0 Å². The van der Waals surface area contributed by atoms with E-state index in [1.54, 1.807) is 6.92 Å².